The van der Waals surface area contributed by atoms with Gasteiger partial charge in [0.25, 0.3) is 5.91 Å². The lowest BCUT2D eigenvalue weighted by Gasteiger charge is -2.26. The highest BCUT2D eigenvalue weighted by molar-refractivity contribution is 7.22. The molecule has 0 atom stereocenters. The predicted molar refractivity (Wildman–Crippen MR) is 81.0 cm³/mol. The van der Waals surface area contributed by atoms with Crippen LogP contribution in [0.25, 0.3) is 10.1 Å². The summed E-state index contributed by atoms with van der Waals surface area (Å²) in [6.07, 6.45) is 3.36. The molecule has 0 saturated carbocycles. The first-order valence-electron chi connectivity index (χ1n) is 6.44. The van der Waals surface area contributed by atoms with Crippen LogP contribution in [0.3, 0.4) is 0 Å². The molecule has 1 saturated heterocycles. The van der Waals surface area contributed by atoms with Crippen LogP contribution >= 0.6 is 22.9 Å². The third kappa shape index (κ3) is 2.19. The Bertz CT molecular complexity index is 632. The second kappa shape index (κ2) is 5.02. The van der Waals surface area contributed by atoms with Gasteiger partial charge in [-0.1, -0.05) is 23.7 Å². The average molecular weight is 295 g/mol. The van der Waals surface area contributed by atoms with Gasteiger partial charge in [0.1, 0.15) is 4.88 Å². The van der Waals surface area contributed by atoms with Crippen LogP contribution in [0.4, 0.5) is 5.69 Å². The molecule has 3 nitrogen and oxygen atoms in total. The third-order valence-electron chi connectivity index (χ3n) is 3.52. The van der Waals surface area contributed by atoms with Crippen LogP contribution in [-0.2, 0) is 0 Å². The smallest absolute Gasteiger partial charge is 0.265 e. The minimum Gasteiger partial charge on any atom is -0.398 e. The summed E-state index contributed by atoms with van der Waals surface area (Å²) in [6, 6.07) is 5.62. The Morgan fingerprint density at radius 1 is 1.26 bits per heavy atom. The number of hydrogen-bond donors (Lipinski definition) is 1. The number of nitrogens with zero attached hydrogens (tertiary/aromatic N) is 1. The van der Waals surface area contributed by atoms with E-state index in [2.05, 4.69) is 0 Å². The van der Waals surface area contributed by atoms with Gasteiger partial charge in [-0.15, -0.1) is 11.3 Å². The number of rotatable bonds is 1. The summed E-state index contributed by atoms with van der Waals surface area (Å²) in [7, 11) is 0. The lowest BCUT2D eigenvalue weighted by Crippen LogP contribution is -2.35. The molecule has 1 aliphatic rings. The van der Waals surface area contributed by atoms with Crippen LogP contribution < -0.4 is 5.73 Å². The fourth-order valence-electron chi connectivity index (χ4n) is 2.49. The van der Waals surface area contributed by atoms with E-state index in [0.717, 1.165) is 36.0 Å². The predicted octanol–water partition coefficient (Wildman–Crippen LogP) is 3.76. The molecule has 5 heteroatoms. The number of halogens is 1. The van der Waals surface area contributed by atoms with Crippen molar-refractivity contribution >= 4 is 44.6 Å². The zero-order chi connectivity index (χ0) is 13.4. The van der Waals surface area contributed by atoms with Crippen molar-refractivity contribution in [1.29, 1.82) is 0 Å². The maximum atomic E-state index is 12.5. The second-order valence-electron chi connectivity index (χ2n) is 4.82. The van der Waals surface area contributed by atoms with Crippen LogP contribution in [0.5, 0.6) is 0 Å². The first-order chi connectivity index (χ1) is 9.18. The highest BCUT2D eigenvalue weighted by Gasteiger charge is 2.24. The van der Waals surface area contributed by atoms with Gasteiger partial charge < -0.3 is 10.6 Å². The molecule has 1 aromatic carbocycles. The molecule has 0 bridgehead atoms. The molecule has 0 radical (unpaired) electrons. The molecule has 0 unspecified atom stereocenters. The highest BCUT2D eigenvalue weighted by atomic mass is 35.5. The Morgan fingerprint density at radius 2 is 2.00 bits per heavy atom. The van der Waals surface area contributed by atoms with Crippen LogP contribution in [0, 0.1) is 0 Å². The van der Waals surface area contributed by atoms with Crippen LogP contribution in [0.1, 0.15) is 28.9 Å². The van der Waals surface area contributed by atoms with Crippen molar-refractivity contribution in [2.45, 2.75) is 19.3 Å². The Hall–Kier alpha value is -1.26. The van der Waals surface area contributed by atoms with Crippen molar-refractivity contribution in [1.82, 2.24) is 4.90 Å². The Morgan fingerprint density at radius 3 is 2.68 bits per heavy atom. The number of thiophene rings is 1. The first-order valence-corrected chi connectivity index (χ1v) is 7.63. The molecule has 2 heterocycles. The molecular weight excluding hydrogens is 280 g/mol. The molecule has 3 rings (SSSR count). The number of fused-ring (bicyclic) bond motifs is 1. The van der Waals surface area contributed by atoms with Gasteiger partial charge in [0, 0.05) is 24.2 Å². The van der Waals surface area contributed by atoms with Crippen molar-refractivity contribution in [2.24, 2.45) is 0 Å². The molecule has 19 heavy (non-hydrogen) atoms. The van der Waals surface area contributed by atoms with E-state index in [9.17, 15) is 4.79 Å². The molecule has 1 amide bonds. The Kier molecular flexibility index (Phi) is 3.37. The van der Waals surface area contributed by atoms with Gasteiger partial charge in [-0.05, 0) is 25.3 Å². The van der Waals surface area contributed by atoms with Gasteiger partial charge in [0.2, 0.25) is 0 Å². The summed E-state index contributed by atoms with van der Waals surface area (Å²) in [5.74, 6) is 0.0466. The number of piperidine rings is 1. The van der Waals surface area contributed by atoms with Crippen LogP contribution in [0.2, 0.25) is 5.02 Å². The van der Waals surface area contributed by atoms with E-state index < -0.39 is 0 Å². The monoisotopic (exact) mass is 294 g/mol. The van der Waals surface area contributed by atoms with E-state index in [1.807, 2.05) is 23.1 Å². The van der Waals surface area contributed by atoms with Crippen molar-refractivity contribution < 1.29 is 4.79 Å². The normalized spacial score (nSPS) is 15.9. The van der Waals surface area contributed by atoms with Crippen LogP contribution in [-0.4, -0.2) is 23.9 Å². The molecule has 100 valence electrons. The number of nitrogens with two attached hydrogens (primary N) is 1. The summed E-state index contributed by atoms with van der Waals surface area (Å²) < 4.78 is 0.910. The number of carbonyl (C=O) groups is 1. The molecule has 2 aromatic rings. The van der Waals surface area contributed by atoms with Gasteiger partial charge in [-0.2, -0.15) is 0 Å². The first kappa shape index (κ1) is 12.8. The maximum Gasteiger partial charge on any atom is 0.265 e. The zero-order valence-electron chi connectivity index (χ0n) is 10.5. The van der Waals surface area contributed by atoms with E-state index in [-0.39, 0.29) is 5.91 Å². The van der Waals surface area contributed by atoms with Crippen molar-refractivity contribution in [2.75, 3.05) is 18.8 Å². The van der Waals surface area contributed by atoms with Gasteiger partial charge in [0.05, 0.1) is 9.72 Å². The van der Waals surface area contributed by atoms with Crippen molar-refractivity contribution in [3.05, 3.63) is 28.1 Å². The summed E-state index contributed by atoms with van der Waals surface area (Å²) in [4.78, 5) is 15.0. The van der Waals surface area contributed by atoms with E-state index in [4.69, 9.17) is 17.3 Å². The fourth-order valence-corrected chi connectivity index (χ4v) is 3.99. The SMILES string of the molecule is Nc1cccc2c(Cl)c(C(=O)N3CCCCC3)sc12. The zero-order valence-corrected chi connectivity index (χ0v) is 12.1. The quantitative estimate of drug-likeness (QED) is 0.814. The Labute approximate surface area is 121 Å². The largest absolute Gasteiger partial charge is 0.398 e. The topological polar surface area (TPSA) is 46.3 Å². The third-order valence-corrected chi connectivity index (χ3v) is 5.27. The van der Waals surface area contributed by atoms with Crippen LogP contribution in [0.15, 0.2) is 18.2 Å². The highest BCUT2D eigenvalue weighted by Crippen LogP contribution is 2.39. The minimum atomic E-state index is 0.0466. The molecule has 2 N–H and O–H groups in total. The summed E-state index contributed by atoms with van der Waals surface area (Å²) >= 11 is 7.75. The number of hydrogen-bond acceptors (Lipinski definition) is 3. The number of benzene rings is 1. The van der Waals surface area contributed by atoms with E-state index >= 15 is 0 Å². The maximum absolute atomic E-state index is 12.5. The lowest BCUT2D eigenvalue weighted by molar-refractivity contribution is 0.0729. The molecular formula is C14H15ClN2OS. The van der Waals surface area contributed by atoms with Gasteiger partial charge in [-0.3, -0.25) is 4.79 Å². The van der Waals surface area contributed by atoms with Gasteiger partial charge >= 0.3 is 0 Å². The fraction of sp³-hybridized carbons (Fsp3) is 0.357. The minimum absolute atomic E-state index is 0.0466. The summed E-state index contributed by atoms with van der Waals surface area (Å²) in [5.41, 5.74) is 6.63. The van der Waals surface area contributed by atoms with Gasteiger partial charge in [-0.25, -0.2) is 0 Å². The van der Waals surface area contributed by atoms with Crippen molar-refractivity contribution in [3.8, 4) is 0 Å². The Balaban J connectivity index is 2.02. The molecule has 1 aromatic heterocycles. The van der Waals surface area contributed by atoms with E-state index in [1.54, 1.807) is 0 Å². The number of carbonyl (C=O) groups excluding carboxylic acids is 1. The summed E-state index contributed by atoms with van der Waals surface area (Å²) in [5, 5.41) is 1.43. The van der Waals surface area contributed by atoms with E-state index in [1.165, 1.54) is 17.8 Å². The molecule has 0 aliphatic carbocycles. The number of likely N-dealkylation sites (tertiary alicyclic amines) is 1. The lowest BCUT2D eigenvalue weighted by atomic mass is 10.1. The second-order valence-corrected chi connectivity index (χ2v) is 6.22. The van der Waals surface area contributed by atoms with E-state index in [0.29, 0.717) is 15.6 Å². The molecule has 1 fully saturated rings. The number of amides is 1. The van der Waals surface area contributed by atoms with Crippen molar-refractivity contribution in [3.63, 3.8) is 0 Å². The molecule has 0 spiro atoms. The average Bonchev–Trinajstić information content (AvgIpc) is 2.78. The molecule has 1 aliphatic heterocycles. The summed E-state index contributed by atoms with van der Waals surface area (Å²) in [6.45, 7) is 1.66. The standard InChI is InChI=1S/C14H15ClN2OS/c15-11-9-5-4-6-10(16)12(9)19-13(11)14(18)17-7-2-1-3-8-17/h4-6H,1-3,7-8,16H2. The number of anilines is 1. The number of nitrogen functional groups attached to an aromatic ring is 1. The van der Waals surface area contributed by atoms with Gasteiger partial charge in [0.15, 0.2) is 0 Å².